The Hall–Kier alpha value is -3.15. The number of rotatable bonds is 11. The number of unbranched alkanes of at least 4 members (excludes halogenated alkanes) is 1. The van der Waals surface area contributed by atoms with Crippen molar-refractivity contribution in [2.75, 3.05) is 0 Å². The summed E-state index contributed by atoms with van der Waals surface area (Å²) in [7, 11) is 0. The highest BCUT2D eigenvalue weighted by molar-refractivity contribution is 5.87. The van der Waals surface area contributed by atoms with Crippen molar-refractivity contribution in [1.82, 2.24) is 10.6 Å². The quantitative estimate of drug-likeness (QED) is 0.611. The van der Waals surface area contributed by atoms with Crippen molar-refractivity contribution in [3.63, 3.8) is 0 Å². The summed E-state index contributed by atoms with van der Waals surface area (Å²) in [6, 6.07) is 17.1. The van der Waals surface area contributed by atoms with Crippen LogP contribution in [-0.2, 0) is 27.4 Å². The summed E-state index contributed by atoms with van der Waals surface area (Å²) in [4.78, 5) is 36.1. The molecule has 29 heavy (non-hydrogen) atoms. The molecule has 0 heterocycles. The summed E-state index contributed by atoms with van der Waals surface area (Å²) in [5.41, 5.74) is 1.73. The van der Waals surface area contributed by atoms with Crippen LogP contribution in [0, 0.1) is 0 Å². The first-order valence-electron chi connectivity index (χ1n) is 9.81. The standard InChI is InChI=1S/C23H27N2O4/c1-2-3-14-20(16-26)24-22(27)21(15-18-10-6-4-7-11-18)25-23(28)29-17-19-12-8-5-9-13-19/h4-13,20-21H,2-3,14-15,17H2,1H3,(H,24,27)(H,25,28)/t20-,21-/m0/s1. The van der Waals surface area contributed by atoms with Crippen molar-refractivity contribution in [2.24, 2.45) is 0 Å². The zero-order valence-corrected chi connectivity index (χ0v) is 16.6. The van der Waals surface area contributed by atoms with Crippen molar-refractivity contribution in [2.45, 2.75) is 51.3 Å². The Morgan fingerprint density at radius 2 is 1.59 bits per heavy atom. The van der Waals surface area contributed by atoms with E-state index in [0.717, 1.165) is 24.0 Å². The lowest BCUT2D eigenvalue weighted by atomic mass is 10.0. The molecule has 2 atom stereocenters. The molecule has 6 nitrogen and oxygen atoms in total. The van der Waals surface area contributed by atoms with Crippen molar-refractivity contribution in [3.8, 4) is 0 Å². The van der Waals surface area contributed by atoms with E-state index in [1.807, 2.05) is 73.9 Å². The molecule has 1 radical (unpaired) electrons. The maximum atomic E-state index is 12.7. The van der Waals surface area contributed by atoms with E-state index in [0.29, 0.717) is 6.42 Å². The van der Waals surface area contributed by atoms with E-state index < -0.39 is 24.1 Å². The third kappa shape index (κ3) is 8.17. The lowest BCUT2D eigenvalue weighted by Crippen LogP contribution is -2.51. The largest absolute Gasteiger partial charge is 0.445 e. The molecule has 0 spiro atoms. The van der Waals surface area contributed by atoms with E-state index in [4.69, 9.17) is 4.74 Å². The van der Waals surface area contributed by atoms with Gasteiger partial charge in [0.05, 0.1) is 6.04 Å². The fourth-order valence-electron chi connectivity index (χ4n) is 2.81. The summed E-state index contributed by atoms with van der Waals surface area (Å²) in [5.74, 6) is -0.435. The van der Waals surface area contributed by atoms with E-state index in [-0.39, 0.29) is 13.0 Å². The summed E-state index contributed by atoms with van der Waals surface area (Å²) < 4.78 is 5.24. The third-order valence-electron chi connectivity index (χ3n) is 4.41. The van der Waals surface area contributed by atoms with Crippen LogP contribution in [0.5, 0.6) is 0 Å². The van der Waals surface area contributed by atoms with Crippen LogP contribution in [0.15, 0.2) is 60.7 Å². The molecule has 2 aromatic carbocycles. The van der Waals surface area contributed by atoms with Gasteiger partial charge in [0.25, 0.3) is 0 Å². The fraction of sp³-hybridized carbons (Fsp3) is 0.348. The minimum Gasteiger partial charge on any atom is -0.445 e. The Bertz CT molecular complexity index is 765. The number of amides is 2. The highest BCUT2D eigenvalue weighted by Crippen LogP contribution is 2.06. The van der Waals surface area contributed by atoms with Gasteiger partial charge in [-0.2, -0.15) is 0 Å². The van der Waals surface area contributed by atoms with Gasteiger partial charge in [0, 0.05) is 6.42 Å². The molecule has 2 aromatic rings. The van der Waals surface area contributed by atoms with E-state index in [2.05, 4.69) is 10.6 Å². The molecule has 0 bridgehead atoms. The van der Waals surface area contributed by atoms with Gasteiger partial charge in [0.2, 0.25) is 12.2 Å². The number of carbonyl (C=O) groups excluding carboxylic acids is 3. The van der Waals surface area contributed by atoms with Crippen LogP contribution in [0.3, 0.4) is 0 Å². The van der Waals surface area contributed by atoms with Gasteiger partial charge in [0.15, 0.2) is 0 Å². The Balaban J connectivity index is 2.00. The third-order valence-corrected chi connectivity index (χ3v) is 4.41. The average molecular weight is 395 g/mol. The fourth-order valence-corrected chi connectivity index (χ4v) is 2.81. The Kier molecular flexibility index (Phi) is 9.42. The molecule has 0 fully saturated rings. The zero-order valence-electron chi connectivity index (χ0n) is 16.6. The molecule has 6 heteroatoms. The van der Waals surface area contributed by atoms with Gasteiger partial charge >= 0.3 is 6.09 Å². The number of hydrogen-bond donors (Lipinski definition) is 2. The number of benzene rings is 2. The second-order valence-electron chi connectivity index (χ2n) is 6.77. The highest BCUT2D eigenvalue weighted by Gasteiger charge is 2.24. The molecule has 0 aliphatic rings. The van der Waals surface area contributed by atoms with Crippen molar-refractivity contribution in [3.05, 3.63) is 71.8 Å². The molecular weight excluding hydrogens is 368 g/mol. The van der Waals surface area contributed by atoms with Crippen LogP contribution in [-0.4, -0.2) is 30.4 Å². The molecular formula is C23H27N2O4. The monoisotopic (exact) mass is 395 g/mol. The van der Waals surface area contributed by atoms with Gasteiger partial charge in [-0.15, -0.1) is 0 Å². The summed E-state index contributed by atoms with van der Waals surface area (Å²) in [6.45, 7) is 2.11. The molecule has 2 rings (SSSR count). The van der Waals surface area contributed by atoms with Gasteiger partial charge in [-0.05, 0) is 17.5 Å². The molecule has 0 aromatic heterocycles. The van der Waals surface area contributed by atoms with Gasteiger partial charge in [-0.1, -0.05) is 80.4 Å². The molecule has 2 amide bonds. The van der Waals surface area contributed by atoms with Crippen LogP contribution in [0.2, 0.25) is 0 Å². The second kappa shape index (κ2) is 12.3. The van der Waals surface area contributed by atoms with E-state index in [1.165, 1.54) is 0 Å². The van der Waals surface area contributed by atoms with Crippen LogP contribution in [0.1, 0.15) is 37.3 Å². The Morgan fingerprint density at radius 3 is 2.17 bits per heavy atom. The van der Waals surface area contributed by atoms with Gasteiger partial charge < -0.3 is 15.4 Å². The normalized spacial score (nSPS) is 12.4. The van der Waals surface area contributed by atoms with E-state index >= 15 is 0 Å². The Labute approximate surface area is 171 Å². The number of hydrogen-bond acceptors (Lipinski definition) is 4. The molecule has 0 saturated carbocycles. The van der Waals surface area contributed by atoms with Crippen molar-refractivity contribution >= 4 is 18.3 Å². The number of carbonyl (C=O) groups is 2. The van der Waals surface area contributed by atoms with Crippen LogP contribution in [0.25, 0.3) is 0 Å². The first kappa shape index (κ1) is 22.1. The van der Waals surface area contributed by atoms with Crippen molar-refractivity contribution < 1.29 is 19.1 Å². The van der Waals surface area contributed by atoms with Crippen LogP contribution >= 0.6 is 0 Å². The van der Waals surface area contributed by atoms with Gasteiger partial charge in [0.1, 0.15) is 12.6 Å². The summed E-state index contributed by atoms with van der Waals surface area (Å²) in [5, 5.41) is 5.29. The minimum atomic E-state index is -0.863. The minimum absolute atomic E-state index is 0.105. The molecule has 0 aliphatic carbocycles. The van der Waals surface area contributed by atoms with Gasteiger partial charge in [-0.3, -0.25) is 9.59 Å². The van der Waals surface area contributed by atoms with E-state index in [1.54, 1.807) is 0 Å². The molecule has 0 saturated heterocycles. The summed E-state index contributed by atoms with van der Waals surface area (Å²) >= 11 is 0. The first-order valence-corrected chi connectivity index (χ1v) is 9.81. The van der Waals surface area contributed by atoms with Crippen molar-refractivity contribution in [1.29, 1.82) is 0 Å². The van der Waals surface area contributed by atoms with Crippen LogP contribution in [0.4, 0.5) is 4.79 Å². The smallest absolute Gasteiger partial charge is 0.408 e. The number of ether oxygens (including phenoxy) is 1. The number of nitrogens with one attached hydrogen (secondary N) is 2. The maximum absolute atomic E-state index is 12.7. The Morgan fingerprint density at radius 1 is 0.966 bits per heavy atom. The number of alkyl carbamates (subject to hydrolysis) is 1. The SMILES string of the molecule is CCCC[C@@H]([C]=O)NC(=O)[C@H](Cc1ccccc1)NC(=O)OCc1ccccc1. The predicted molar refractivity (Wildman–Crippen MR) is 111 cm³/mol. The predicted octanol–water partition coefficient (Wildman–Crippen LogP) is 3.31. The average Bonchev–Trinajstić information content (AvgIpc) is 2.76. The lowest BCUT2D eigenvalue weighted by molar-refractivity contribution is -0.123. The first-order chi connectivity index (χ1) is 14.1. The highest BCUT2D eigenvalue weighted by atomic mass is 16.5. The second-order valence-corrected chi connectivity index (χ2v) is 6.77. The van der Waals surface area contributed by atoms with E-state index in [9.17, 15) is 14.4 Å². The van der Waals surface area contributed by atoms with Crippen LogP contribution < -0.4 is 10.6 Å². The molecule has 0 aliphatic heterocycles. The topological polar surface area (TPSA) is 84.5 Å². The summed E-state index contributed by atoms with van der Waals surface area (Å²) in [6.07, 6.45) is 3.68. The molecule has 2 N–H and O–H groups in total. The van der Waals surface area contributed by atoms with Gasteiger partial charge in [-0.25, -0.2) is 4.79 Å². The molecule has 0 unspecified atom stereocenters. The zero-order chi connectivity index (χ0) is 20.9. The maximum Gasteiger partial charge on any atom is 0.408 e. The molecule has 153 valence electrons. The lowest BCUT2D eigenvalue weighted by Gasteiger charge is -2.20.